The number of rotatable bonds is 10. The zero-order chi connectivity index (χ0) is 27.8. The summed E-state index contributed by atoms with van der Waals surface area (Å²) in [6.45, 7) is 8.62. The second-order valence-corrected chi connectivity index (χ2v) is 11.7. The number of carbonyl (C=O) groups excluding carboxylic acids is 2. The van der Waals surface area contributed by atoms with Gasteiger partial charge in [0.1, 0.15) is 11.8 Å². The van der Waals surface area contributed by atoms with Crippen LogP contribution in [0.1, 0.15) is 68.7 Å². The quantitative estimate of drug-likeness (QED) is 0.334. The molecule has 1 fully saturated rings. The maximum atomic E-state index is 13.9. The molecule has 0 saturated heterocycles. The normalized spacial score (nSPS) is 14.6. The fourth-order valence-electron chi connectivity index (χ4n) is 5.25. The maximum Gasteiger partial charge on any atom is 0.261 e. The Morgan fingerprint density at radius 2 is 1.54 bits per heavy atom. The van der Waals surface area contributed by atoms with Crippen molar-refractivity contribution in [1.82, 2.24) is 10.2 Å². The van der Waals surface area contributed by atoms with Crippen LogP contribution in [-0.4, -0.2) is 35.4 Å². The Hall–Kier alpha value is -3.60. The van der Waals surface area contributed by atoms with E-state index in [-0.39, 0.29) is 29.9 Å². The van der Waals surface area contributed by atoms with E-state index >= 15 is 0 Å². The van der Waals surface area contributed by atoms with Gasteiger partial charge in [0.15, 0.2) is 6.61 Å². The molecular formula is C34H42N2O3. The van der Waals surface area contributed by atoms with Crippen LogP contribution in [0.5, 0.6) is 5.75 Å². The van der Waals surface area contributed by atoms with Crippen LogP contribution >= 0.6 is 0 Å². The minimum Gasteiger partial charge on any atom is -0.483 e. The highest BCUT2D eigenvalue weighted by atomic mass is 16.5. The standard InChI is InChI=1S/C34H42N2O3/c1-25-18-20-27(21-19-25)23-36(32(37)24-39-31-17-11-10-16-29(31)34(2,3)4)30(22-26-12-6-5-7-13-26)33(38)35-28-14-8-9-15-28/h5-7,10-13,16-21,28,30H,8-9,14-15,22-24H2,1-4H3,(H,35,38)/t30-/m1/s1. The minimum atomic E-state index is -0.650. The molecule has 3 aromatic carbocycles. The highest BCUT2D eigenvalue weighted by Gasteiger charge is 2.32. The molecular weight excluding hydrogens is 484 g/mol. The molecule has 5 heteroatoms. The number of ether oxygens (including phenoxy) is 1. The monoisotopic (exact) mass is 526 g/mol. The van der Waals surface area contributed by atoms with Gasteiger partial charge >= 0.3 is 0 Å². The van der Waals surface area contributed by atoms with Crippen LogP contribution in [0.15, 0.2) is 78.9 Å². The van der Waals surface area contributed by atoms with E-state index in [2.05, 4.69) is 26.1 Å². The summed E-state index contributed by atoms with van der Waals surface area (Å²) in [6.07, 6.45) is 4.67. The van der Waals surface area contributed by atoms with Crippen molar-refractivity contribution in [3.63, 3.8) is 0 Å². The molecule has 1 N–H and O–H groups in total. The van der Waals surface area contributed by atoms with Gasteiger partial charge in [-0.2, -0.15) is 0 Å². The van der Waals surface area contributed by atoms with E-state index in [1.165, 1.54) is 0 Å². The summed E-state index contributed by atoms with van der Waals surface area (Å²) in [7, 11) is 0. The van der Waals surface area contributed by atoms with Crippen molar-refractivity contribution in [2.24, 2.45) is 0 Å². The topological polar surface area (TPSA) is 58.6 Å². The molecule has 1 saturated carbocycles. The highest BCUT2D eigenvalue weighted by Crippen LogP contribution is 2.31. The van der Waals surface area contributed by atoms with Gasteiger partial charge in [0, 0.05) is 19.0 Å². The average molecular weight is 527 g/mol. The lowest BCUT2D eigenvalue weighted by molar-refractivity contribution is -0.143. The number of para-hydroxylation sites is 1. The molecule has 0 unspecified atom stereocenters. The second-order valence-electron chi connectivity index (χ2n) is 11.7. The Morgan fingerprint density at radius 1 is 0.897 bits per heavy atom. The van der Waals surface area contributed by atoms with E-state index in [0.717, 1.165) is 47.9 Å². The zero-order valence-corrected chi connectivity index (χ0v) is 23.8. The van der Waals surface area contributed by atoms with Crippen LogP contribution in [0.3, 0.4) is 0 Å². The molecule has 3 aromatic rings. The molecule has 0 spiro atoms. The van der Waals surface area contributed by atoms with Gasteiger partial charge in [0.2, 0.25) is 5.91 Å². The summed E-state index contributed by atoms with van der Waals surface area (Å²) in [4.78, 5) is 29.5. The van der Waals surface area contributed by atoms with Crippen molar-refractivity contribution in [2.45, 2.75) is 83.8 Å². The third kappa shape index (κ3) is 7.95. The lowest BCUT2D eigenvalue weighted by atomic mass is 9.86. The lowest BCUT2D eigenvalue weighted by Gasteiger charge is -2.32. The minimum absolute atomic E-state index is 0.0960. The summed E-state index contributed by atoms with van der Waals surface area (Å²) in [5.41, 5.74) is 4.07. The molecule has 5 nitrogen and oxygen atoms in total. The van der Waals surface area contributed by atoms with Gasteiger partial charge in [-0.05, 0) is 47.9 Å². The third-order valence-corrected chi connectivity index (χ3v) is 7.49. The molecule has 2 amide bonds. The van der Waals surface area contributed by atoms with Gasteiger partial charge in [0.25, 0.3) is 5.91 Å². The van der Waals surface area contributed by atoms with Gasteiger partial charge in [-0.1, -0.05) is 112 Å². The average Bonchev–Trinajstić information content (AvgIpc) is 3.43. The van der Waals surface area contributed by atoms with Crippen LogP contribution in [-0.2, 0) is 28.0 Å². The van der Waals surface area contributed by atoms with Crippen LogP contribution in [0.4, 0.5) is 0 Å². The number of benzene rings is 3. The molecule has 0 aromatic heterocycles. The molecule has 0 radical (unpaired) electrons. The third-order valence-electron chi connectivity index (χ3n) is 7.49. The van der Waals surface area contributed by atoms with E-state index in [9.17, 15) is 9.59 Å². The van der Waals surface area contributed by atoms with Crippen molar-refractivity contribution in [1.29, 1.82) is 0 Å². The lowest BCUT2D eigenvalue weighted by Crippen LogP contribution is -2.53. The number of nitrogens with zero attached hydrogens (tertiary/aromatic N) is 1. The molecule has 0 heterocycles. The summed E-state index contributed by atoms with van der Waals surface area (Å²) < 4.78 is 6.15. The van der Waals surface area contributed by atoms with E-state index < -0.39 is 6.04 Å². The van der Waals surface area contributed by atoms with Crippen molar-refractivity contribution in [3.05, 3.63) is 101 Å². The van der Waals surface area contributed by atoms with Crippen LogP contribution in [0.2, 0.25) is 0 Å². The molecule has 4 rings (SSSR count). The number of hydrogen-bond donors (Lipinski definition) is 1. The first-order valence-corrected chi connectivity index (χ1v) is 14.1. The predicted molar refractivity (Wildman–Crippen MR) is 157 cm³/mol. The fourth-order valence-corrected chi connectivity index (χ4v) is 5.25. The zero-order valence-electron chi connectivity index (χ0n) is 23.8. The van der Waals surface area contributed by atoms with Crippen molar-refractivity contribution in [3.8, 4) is 5.75 Å². The number of amides is 2. The first-order valence-electron chi connectivity index (χ1n) is 14.1. The van der Waals surface area contributed by atoms with Crippen molar-refractivity contribution >= 4 is 11.8 Å². The van der Waals surface area contributed by atoms with E-state index in [1.54, 1.807) is 4.90 Å². The van der Waals surface area contributed by atoms with Crippen molar-refractivity contribution < 1.29 is 14.3 Å². The molecule has 0 bridgehead atoms. The summed E-state index contributed by atoms with van der Waals surface area (Å²) in [5.74, 6) is 0.395. The Balaban J connectivity index is 1.63. The van der Waals surface area contributed by atoms with Gasteiger partial charge in [-0.15, -0.1) is 0 Å². The molecule has 1 atom stereocenters. The SMILES string of the molecule is Cc1ccc(CN(C(=O)COc2ccccc2C(C)(C)C)[C@H](Cc2ccccc2)C(=O)NC2CCCC2)cc1. The van der Waals surface area contributed by atoms with Crippen LogP contribution in [0.25, 0.3) is 0 Å². The summed E-state index contributed by atoms with van der Waals surface area (Å²) in [6, 6.07) is 25.5. The Morgan fingerprint density at radius 3 is 2.21 bits per heavy atom. The summed E-state index contributed by atoms with van der Waals surface area (Å²) in [5, 5.41) is 3.26. The highest BCUT2D eigenvalue weighted by molar-refractivity contribution is 5.88. The second kappa shape index (κ2) is 13.0. The first-order chi connectivity index (χ1) is 18.7. The van der Waals surface area contributed by atoms with E-state index in [4.69, 9.17) is 4.74 Å². The molecule has 39 heavy (non-hydrogen) atoms. The smallest absolute Gasteiger partial charge is 0.261 e. The van der Waals surface area contributed by atoms with Crippen LogP contribution < -0.4 is 10.1 Å². The van der Waals surface area contributed by atoms with Gasteiger partial charge < -0.3 is 15.0 Å². The van der Waals surface area contributed by atoms with Crippen LogP contribution in [0, 0.1) is 6.92 Å². The van der Waals surface area contributed by atoms with Gasteiger partial charge in [0.05, 0.1) is 0 Å². The largest absolute Gasteiger partial charge is 0.483 e. The first kappa shape index (κ1) is 28.4. The Kier molecular flexibility index (Phi) is 9.45. The Bertz CT molecular complexity index is 1230. The fraction of sp³-hybridized carbons (Fsp3) is 0.412. The maximum absolute atomic E-state index is 13.9. The van der Waals surface area contributed by atoms with E-state index in [0.29, 0.717) is 18.7 Å². The molecule has 0 aliphatic heterocycles. The number of nitrogens with one attached hydrogen (secondary N) is 1. The van der Waals surface area contributed by atoms with Gasteiger partial charge in [-0.3, -0.25) is 9.59 Å². The summed E-state index contributed by atoms with van der Waals surface area (Å²) >= 11 is 0. The number of aryl methyl sites for hydroxylation is 1. The number of hydrogen-bond acceptors (Lipinski definition) is 3. The van der Waals surface area contributed by atoms with E-state index in [1.807, 2.05) is 85.8 Å². The van der Waals surface area contributed by atoms with Crippen molar-refractivity contribution in [2.75, 3.05) is 6.61 Å². The predicted octanol–water partition coefficient (Wildman–Crippen LogP) is 6.37. The van der Waals surface area contributed by atoms with Gasteiger partial charge in [-0.25, -0.2) is 0 Å². The molecule has 1 aliphatic rings. The molecule has 1 aliphatic carbocycles. The Labute approximate surface area is 233 Å². The molecule has 206 valence electrons. The number of carbonyl (C=O) groups is 2.